The molecular weight excluding hydrogens is 153 g/mol. The van der Waals surface area contributed by atoms with Gasteiger partial charge in [-0.1, -0.05) is 12.0 Å². The van der Waals surface area contributed by atoms with Crippen molar-refractivity contribution in [2.75, 3.05) is 18.5 Å². The van der Waals surface area contributed by atoms with Gasteiger partial charge >= 0.3 is 0 Å². The summed E-state index contributed by atoms with van der Waals surface area (Å²) in [7, 11) is 0. The van der Waals surface area contributed by atoms with Crippen molar-refractivity contribution in [1.82, 2.24) is 0 Å². The Morgan fingerprint density at radius 2 is 2.33 bits per heavy atom. The van der Waals surface area contributed by atoms with E-state index in [0.717, 1.165) is 11.3 Å². The van der Waals surface area contributed by atoms with Crippen LogP contribution in [0.2, 0.25) is 0 Å². The lowest BCUT2D eigenvalue weighted by molar-refractivity contribution is 0.513. The molecule has 0 fully saturated rings. The summed E-state index contributed by atoms with van der Waals surface area (Å²) >= 11 is 0. The van der Waals surface area contributed by atoms with Crippen molar-refractivity contribution in [3.05, 3.63) is 29.8 Å². The van der Waals surface area contributed by atoms with E-state index in [9.17, 15) is 4.39 Å². The lowest BCUT2D eigenvalue weighted by Crippen LogP contribution is -2.02. The first kappa shape index (κ1) is 8.61. The van der Waals surface area contributed by atoms with Crippen LogP contribution < -0.4 is 5.32 Å². The highest BCUT2D eigenvalue weighted by atomic mass is 19.1. The van der Waals surface area contributed by atoms with Crippen molar-refractivity contribution in [1.29, 1.82) is 0 Å². The van der Waals surface area contributed by atoms with Crippen molar-refractivity contribution in [2.45, 2.75) is 0 Å². The van der Waals surface area contributed by atoms with Crippen LogP contribution in [0.4, 0.5) is 10.1 Å². The van der Waals surface area contributed by atoms with E-state index in [1.165, 1.54) is 0 Å². The maximum Gasteiger partial charge on any atom is 0.107 e. The zero-order valence-electron chi connectivity index (χ0n) is 6.68. The number of halogens is 1. The van der Waals surface area contributed by atoms with Crippen LogP contribution in [0, 0.1) is 12.3 Å². The first-order valence-corrected chi connectivity index (χ1v) is 3.73. The van der Waals surface area contributed by atoms with Gasteiger partial charge in [-0.15, -0.1) is 6.42 Å². The predicted molar refractivity (Wildman–Crippen MR) is 48.8 cm³/mol. The van der Waals surface area contributed by atoms with Gasteiger partial charge in [0.25, 0.3) is 0 Å². The molecule has 0 aliphatic heterocycles. The first-order valence-electron chi connectivity index (χ1n) is 3.73. The quantitative estimate of drug-likeness (QED) is 0.672. The Kier molecular flexibility index (Phi) is 3.16. The van der Waals surface area contributed by atoms with Crippen LogP contribution in [-0.4, -0.2) is 13.2 Å². The molecule has 12 heavy (non-hydrogen) atoms. The molecule has 1 N–H and O–H groups in total. The third kappa shape index (κ3) is 2.28. The minimum absolute atomic E-state index is 0.327. The number of nitrogens with one attached hydrogen (secondary N) is 1. The second-order valence-electron chi connectivity index (χ2n) is 2.34. The lowest BCUT2D eigenvalue weighted by Gasteiger charge is -2.02. The molecule has 0 aromatic heterocycles. The number of anilines is 1. The van der Waals surface area contributed by atoms with Gasteiger partial charge in [0.15, 0.2) is 0 Å². The van der Waals surface area contributed by atoms with Gasteiger partial charge in [-0.2, -0.15) is 0 Å². The summed E-state index contributed by atoms with van der Waals surface area (Å²) in [4.78, 5) is 0. The molecule has 0 atom stereocenters. The van der Waals surface area contributed by atoms with Gasteiger partial charge in [-0.3, -0.25) is 0 Å². The predicted octanol–water partition coefficient (Wildman–Crippen LogP) is 2.05. The van der Waals surface area contributed by atoms with Crippen molar-refractivity contribution < 1.29 is 4.39 Å². The molecular formula is C10H10FN. The average molecular weight is 163 g/mol. The summed E-state index contributed by atoms with van der Waals surface area (Å²) in [5.74, 6) is 2.51. The van der Waals surface area contributed by atoms with Crippen LogP contribution in [-0.2, 0) is 0 Å². The zero-order valence-corrected chi connectivity index (χ0v) is 6.68. The zero-order chi connectivity index (χ0) is 8.81. The first-order chi connectivity index (χ1) is 5.86. The van der Waals surface area contributed by atoms with E-state index in [1.54, 1.807) is 0 Å². The Bertz CT molecular complexity index is 288. The lowest BCUT2D eigenvalue weighted by atomic mass is 10.2. The Morgan fingerprint density at radius 3 is 3.00 bits per heavy atom. The van der Waals surface area contributed by atoms with Gasteiger partial charge in [0.2, 0.25) is 0 Å². The second-order valence-corrected chi connectivity index (χ2v) is 2.34. The van der Waals surface area contributed by atoms with Crippen molar-refractivity contribution in [3.63, 3.8) is 0 Å². The molecule has 0 unspecified atom stereocenters. The van der Waals surface area contributed by atoms with E-state index >= 15 is 0 Å². The molecule has 0 aliphatic carbocycles. The van der Waals surface area contributed by atoms with E-state index in [4.69, 9.17) is 6.42 Å². The molecule has 0 radical (unpaired) electrons. The molecule has 0 amide bonds. The standard InChI is InChI=1S/C10H10FN/c1-2-9-4-3-5-10(8-9)12-7-6-11/h1,3-5,8,12H,6-7H2. The number of hydrogen-bond acceptors (Lipinski definition) is 1. The number of rotatable bonds is 3. The SMILES string of the molecule is C#Cc1cccc(NCCF)c1. The minimum atomic E-state index is -0.375. The molecule has 1 nitrogen and oxygen atoms in total. The molecule has 0 saturated carbocycles. The van der Waals surface area contributed by atoms with Gasteiger partial charge in [-0.05, 0) is 18.2 Å². The van der Waals surface area contributed by atoms with Crippen molar-refractivity contribution in [3.8, 4) is 12.3 Å². The highest BCUT2D eigenvalue weighted by Crippen LogP contribution is 2.08. The maximum atomic E-state index is 11.8. The number of alkyl halides is 1. The van der Waals surface area contributed by atoms with Gasteiger partial charge < -0.3 is 5.32 Å². The van der Waals surface area contributed by atoms with Crippen LogP contribution in [0.1, 0.15) is 5.56 Å². The van der Waals surface area contributed by atoms with Crippen LogP contribution >= 0.6 is 0 Å². The molecule has 0 spiro atoms. The number of benzene rings is 1. The molecule has 0 bridgehead atoms. The monoisotopic (exact) mass is 163 g/mol. The molecule has 0 saturated heterocycles. The topological polar surface area (TPSA) is 12.0 Å². The third-order valence-electron chi connectivity index (χ3n) is 1.45. The molecule has 62 valence electrons. The van der Waals surface area contributed by atoms with Crippen LogP contribution in [0.3, 0.4) is 0 Å². The van der Waals surface area contributed by atoms with Gasteiger partial charge in [0.1, 0.15) is 6.67 Å². The third-order valence-corrected chi connectivity index (χ3v) is 1.45. The summed E-state index contributed by atoms with van der Waals surface area (Å²) in [6, 6.07) is 7.35. The Balaban J connectivity index is 2.68. The normalized spacial score (nSPS) is 9.00. The summed E-state index contributed by atoms with van der Waals surface area (Å²) in [6.07, 6.45) is 5.20. The summed E-state index contributed by atoms with van der Waals surface area (Å²) in [5, 5.41) is 2.90. The average Bonchev–Trinajstić information content (AvgIpc) is 2.15. The summed E-state index contributed by atoms with van der Waals surface area (Å²) in [5.41, 5.74) is 1.67. The maximum absolute atomic E-state index is 11.8. The molecule has 1 rings (SSSR count). The largest absolute Gasteiger partial charge is 0.382 e. The van der Waals surface area contributed by atoms with Gasteiger partial charge in [0, 0.05) is 17.8 Å². The fourth-order valence-electron chi connectivity index (χ4n) is 0.911. The van der Waals surface area contributed by atoms with Crippen LogP contribution in [0.25, 0.3) is 0 Å². The molecule has 0 aliphatic rings. The smallest absolute Gasteiger partial charge is 0.107 e. The summed E-state index contributed by atoms with van der Waals surface area (Å²) in [6.45, 7) is -0.0473. The Morgan fingerprint density at radius 1 is 1.50 bits per heavy atom. The van der Waals surface area contributed by atoms with E-state index in [0.29, 0.717) is 6.54 Å². The highest BCUT2D eigenvalue weighted by molar-refractivity contribution is 5.49. The molecule has 2 heteroatoms. The summed E-state index contributed by atoms with van der Waals surface area (Å²) < 4.78 is 11.8. The van der Waals surface area contributed by atoms with Crippen LogP contribution in [0.5, 0.6) is 0 Å². The van der Waals surface area contributed by atoms with Crippen molar-refractivity contribution in [2.24, 2.45) is 0 Å². The number of terminal acetylenes is 1. The molecule has 0 heterocycles. The Labute approximate surface area is 71.6 Å². The Hall–Kier alpha value is -1.49. The fourth-order valence-corrected chi connectivity index (χ4v) is 0.911. The van der Waals surface area contributed by atoms with Gasteiger partial charge in [-0.25, -0.2) is 4.39 Å². The van der Waals surface area contributed by atoms with Crippen molar-refractivity contribution >= 4 is 5.69 Å². The minimum Gasteiger partial charge on any atom is -0.382 e. The molecule has 1 aromatic carbocycles. The van der Waals surface area contributed by atoms with E-state index in [1.807, 2.05) is 24.3 Å². The van der Waals surface area contributed by atoms with Gasteiger partial charge in [0.05, 0.1) is 0 Å². The molecule has 1 aromatic rings. The van der Waals surface area contributed by atoms with Crippen LogP contribution in [0.15, 0.2) is 24.3 Å². The van der Waals surface area contributed by atoms with E-state index in [2.05, 4.69) is 11.2 Å². The van der Waals surface area contributed by atoms with E-state index < -0.39 is 0 Å². The fraction of sp³-hybridized carbons (Fsp3) is 0.200. The second kappa shape index (κ2) is 4.40. The highest BCUT2D eigenvalue weighted by Gasteiger charge is 1.91. The van der Waals surface area contributed by atoms with E-state index in [-0.39, 0.29) is 6.67 Å². The number of hydrogen-bond donors (Lipinski definition) is 1.